The molecule has 0 atom stereocenters. The van der Waals surface area contributed by atoms with E-state index in [-0.39, 0.29) is 0 Å². The van der Waals surface area contributed by atoms with E-state index >= 15 is 0 Å². The summed E-state index contributed by atoms with van der Waals surface area (Å²) in [6.07, 6.45) is 0.821. The fraction of sp³-hybridized carbons (Fsp3) is 0.462. The molecule has 0 spiro atoms. The van der Waals surface area contributed by atoms with Gasteiger partial charge in [-0.2, -0.15) is 0 Å². The molecular formula is C13H18BrNO2. The van der Waals surface area contributed by atoms with Gasteiger partial charge in [-0.25, -0.2) is 0 Å². The molecule has 0 aliphatic carbocycles. The summed E-state index contributed by atoms with van der Waals surface area (Å²) >= 11 is 3.44. The minimum atomic E-state index is -0.875. The van der Waals surface area contributed by atoms with Crippen LogP contribution in [0.5, 0.6) is 0 Å². The van der Waals surface area contributed by atoms with Gasteiger partial charge in [-0.1, -0.05) is 22.0 Å². The molecule has 0 radical (unpaired) electrons. The molecule has 0 unspecified atom stereocenters. The molecule has 2 N–H and O–H groups in total. The largest absolute Gasteiger partial charge is 0.480 e. The summed E-state index contributed by atoms with van der Waals surface area (Å²) in [6.45, 7) is 6.05. The number of aliphatic carboxylic acids is 1. The predicted octanol–water partition coefficient (Wildman–Crippen LogP) is 2.75. The topological polar surface area (TPSA) is 49.3 Å². The smallest absolute Gasteiger partial charge is 0.323 e. The zero-order valence-corrected chi connectivity index (χ0v) is 12.0. The van der Waals surface area contributed by atoms with E-state index in [9.17, 15) is 4.79 Å². The number of hydrogen-bond donors (Lipinski definition) is 2. The van der Waals surface area contributed by atoms with Crippen molar-refractivity contribution in [1.82, 2.24) is 5.32 Å². The lowest BCUT2D eigenvalue weighted by Gasteiger charge is -2.21. The molecule has 4 heteroatoms. The molecule has 1 aromatic carbocycles. The minimum Gasteiger partial charge on any atom is -0.480 e. The third kappa shape index (κ3) is 4.13. The summed E-state index contributed by atoms with van der Waals surface area (Å²) in [5, 5.41) is 12.0. The summed E-state index contributed by atoms with van der Waals surface area (Å²) in [5.74, 6) is -0.830. The van der Waals surface area contributed by atoms with E-state index in [1.54, 1.807) is 13.8 Å². The van der Waals surface area contributed by atoms with Gasteiger partial charge in [0.2, 0.25) is 0 Å². The van der Waals surface area contributed by atoms with E-state index in [2.05, 4.69) is 40.3 Å². The molecule has 0 saturated carbocycles. The van der Waals surface area contributed by atoms with Crippen LogP contribution in [0.25, 0.3) is 0 Å². The maximum absolute atomic E-state index is 10.9. The van der Waals surface area contributed by atoms with E-state index in [4.69, 9.17) is 5.11 Å². The molecular weight excluding hydrogens is 282 g/mol. The Kier molecular flexibility index (Phi) is 4.71. The van der Waals surface area contributed by atoms with Crippen molar-refractivity contribution in [1.29, 1.82) is 0 Å². The molecule has 0 heterocycles. The average molecular weight is 300 g/mol. The first-order valence-electron chi connectivity index (χ1n) is 5.56. The van der Waals surface area contributed by atoms with Crippen LogP contribution in [0, 0.1) is 6.92 Å². The maximum Gasteiger partial charge on any atom is 0.323 e. The van der Waals surface area contributed by atoms with Crippen molar-refractivity contribution in [3.8, 4) is 0 Å². The first kappa shape index (κ1) is 14.2. The van der Waals surface area contributed by atoms with Crippen LogP contribution in [-0.4, -0.2) is 23.2 Å². The Bertz CT molecular complexity index is 416. The highest BCUT2D eigenvalue weighted by Gasteiger charge is 2.25. The monoisotopic (exact) mass is 299 g/mol. The van der Waals surface area contributed by atoms with Gasteiger partial charge in [0, 0.05) is 11.0 Å². The van der Waals surface area contributed by atoms with Crippen LogP contribution in [0.15, 0.2) is 22.7 Å². The molecule has 17 heavy (non-hydrogen) atoms. The molecule has 0 fully saturated rings. The SMILES string of the molecule is Cc1ccc(Br)cc1CCNC(C)(C)C(=O)O. The van der Waals surface area contributed by atoms with Crippen molar-refractivity contribution in [2.24, 2.45) is 0 Å². The van der Waals surface area contributed by atoms with Gasteiger partial charge < -0.3 is 10.4 Å². The van der Waals surface area contributed by atoms with Crippen LogP contribution in [0.4, 0.5) is 0 Å². The quantitative estimate of drug-likeness (QED) is 0.879. The number of aryl methyl sites for hydroxylation is 1. The number of carboxylic acids is 1. The summed E-state index contributed by atoms with van der Waals surface area (Å²) in [6, 6.07) is 6.14. The summed E-state index contributed by atoms with van der Waals surface area (Å²) in [7, 11) is 0. The lowest BCUT2D eigenvalue weighted by atomic mass is 10.0. The Labute approximate surface area is 110 Å². The van der Waals surface area contributed by atoms with E-state index in [1.807, 2.05) is 6.07 Å². The van der Waals surface area contributed by atoms with Gasteiger partial charge in [0.05, 0.1) is 0 Å². The Hall–Kier alpha value is -0.870. The van der Waals surface area contributed by atoms with Crippen molar-refractivity contribution in [3.63, 3.8) is 0 Å². The number of benzene rings is 1. The van der Waals surface area contributed by atoms with Crippen LogP contribution < -0.4 is 5.32 Å². The fourth-order valence-electron chi connectivity index (χ4n) is 1.49. The molecule has 0 amide bonds. The Morgan fingerprint density at radius 1 is 1.47 bits per heavy atom. The van der Waals surface area contributed by atoms with Crippen molar-refractivity contribution in [2.45, 2.75) is 32.7 Å². The second-order valence-corrected chi connectivity index (χ2v) is 5.59. The summed E-state index contributed by atoms with van der Waals surface area (Å²) in [4.78, 5) is 10.9. The fourth-order valence-corrected chi connectivity index (χ4v) is 1.90. The standard InChI is InChI=1S/C13H18BrNO2/c1-9-4-5-11(14)8-10(9)6-7-15-13(2,3)12(16)17/h4-5,8,15H,6-7H2,1-3H3,(H,16,17). The Morgan fingerprint density at radius 2 is 2.12 bits per heavy atom. The molecule has 0 bridgehead atoms. The van der Waals surface area contributed by atoms with Crippen molar-refractivity contribution in [2.75, 3.05) is 6.54 Å². The van der Waals surface area contributed by atoms with E-state index in [0.29, 0.717) is 6.54 Å². The van der Waals surface area contributed by atoms with Crippen molar-refractivity contribution < 1.29 is 9.90 Å². The van der Waals surface area contributed by atoms with Gasteiger partial charge in [0.1, 0.15) is 5.54 Å². The van der Waals surface area contributed by atoms with E-state index < -0.39 is 11.5 Å². The molecule has 0 aromatic heterocycles. The number of carbonyl (C=O) groups is 1. The normalized spacial score (nSPS) is 11.5. The zero-order chi connectivity index (χ0) is 13.1. The first-order chi connectivity index (χ1) is 7.83. The third-order valence-corrected chi connectivity index (χ3v) is 3.30. The number of hydrogen-bond acceptors (Lipinski definition) is 2. The van der Waals surface area contributed by atoms with Crippen molar-refractivity contribution in [3.05, 3.63) is 33.8 Å². The van der Waals surface area contributed by atoms with Crippen molar-refractivity contribution >= 4 is 21.9 Å². The highest BCUT2D eigenvalue weighted by Crippen LogP contribution is 2.16. The second kappa shape index (κ2) is 5.65. The molecule has 0 saturated heterocycles. The van der Waals surface area contributed by atoms with E-state index in [0.717, 1.165) is 10.9 Å². The molecule has 1 rings (SSSR count). The van der Waals surface area contributed by atoms with Gasteiger partial charge in [-0.15, -0.1) is 0 Å². The lowest BCUT2D eigenvalue weighted by molar-refractivity contribution is -0.143. The molecule has 3 nitrogen and oxygen atoms in total. The predicted molar refractivity (Wildman–Crippen MR) is 72.3 cm³/mol. The van der Waals surface area contributed by atoms with Gasteiger partial charge in [-0.3, -0.25) is 4.79 Å². The highest BCUT2D eigenvalue weighted by molar-refractivity contribution is 9.10. The molecule has 1 aromatic rings. The zero-order valence-electron chi connectivity index (χ0n) is 10.4. The van der Waals surface area contributed by atoms with Gasteiger partial charge in [-0.05, 0) is 50.5 Å². The van der Waals surface area contributed by atoms with Crippen LogP contribution in [-0.2, 0) is 11.2 Å². The van der Waals surface area contributed by atoms with Gasteiger partial charge >= 0.3 is 5.97 Å². The number of halogens is 1. The summed E-state index contributed by atoms with van der Waals surface area (Å²) in [5.41, 5.74) is 1.58. The third-order valence-electron chi connectivity index (χ3n) is 2.81. The molecule has 94 valence electrons. The Balaban J connectivity index is 2.57. The Morgan fingerprint density at radius 3 is 2.71 bits per heavy atom. The van der Waals surface area contributed by atoms with Crippen LogP contribution >= 0.6 is 15.9 Å². The molecule has 0 aliphatic rings. The highest BCUT2D eigenvalue weighted by atomic mass is 79.9. The number of nitrogens with one attached hydrogen (secondary N) is 1. The minimum absolute atomic E-state index is 0.649. The van der Waals surface area contributed by atoms with Gasteiger partial charge in [0.15, 0.2) is 0 Å². The van der Waals surface area contributed by atoms with Crippen LogP contribution in [0.2, 0.25) is 0 Å². The van der Waals surface area contributed by atoms with Crippen LogP contribution in [0.1, 0.15) is 25.0 Å². The second-order valence-electron chi connectivity index (χ2n) is 4.68. The number of carboxylic acid groups (broad SMARTS) is 1. The van der Waals surface area contributed by atoms with Crippen LogP contribution in [0.3, 0.4) is 0 Å². The van der Waals surface area contributed by atoms with Gasteiger partial charge in [0.25, 0.3) is 0 Å². The first-order valence-corrected chi connectivity index (χ1v) is 6.35. The lowest BCUT2D eigenvalue weighted by Crippen LogP contribution is -2.47. The average Bonchev–Trinajstić information content (AvgIpc) is 2.22. The summed E-state index contributed by atoms with van der Waals surface area (Å²) < 4.78 is 1.05. The molecule has 0 aliphatic heterocycles. The van der Waals surface area contributed by atoms with E-state index in [1.165, 1.54) is 11.1 Å². The number of rotatable bonds is 5. The maximum atomic E-state index is 10.9.